The summed E-state index contributed by atoms with van der Waals surface area (Å²) in [6.07, 6.45) is 0. The molecule has 0 bridgehead atoms. The molecule has 0 aliphatic rings. The molecule has 0 atom stereocenters. The summed E-state index contributed by atoms with van der Waals surface area (Å²) in [7, 11) is 3.76. The largest absolute Gasteiger partial charge is 0.329 e. The number of rotatable bonds is 4. The van der Waals surface area contributed by atoms with Gasteiger partial charge in [-0.3, -0.25) is 0 Å². The van der Waals surface area contributed by atoms with Crippen molar-refractivity contribution >= 4 is 0 Å². The number of likely N-dealkylation sites (N-methyl/N-ethyl adjacent to an activating group) is 2. The molecule has 0 unspecified atom stereocenters. The average molecular weight is 148 g/mol. The third-order valence-electron chi connectivity index (χ3n) is 0.789. The van der Waals surface area contributed by atoms with Crippen LogP contribution in [0.15, 0.2) is 0 Å². The van der Waals surface area contributed by atoms with E-state index in [1.165, 1.54) is 0 Å². The van der Waals surface area contributed by atoms with E-state index in [9.17, 15) is 0 Å². The van der Waals surface area contributed by atoms with E-state index >= 15 is 0 Å². The second-order valence-corrected chi connectivity index (χ2v) is 1.78. The summed E-state index contributed by atoms with van der Waals surface area (Å²) < 4.78 is 0. The van der Waals surface area contributed by atoms with Gasteiger partial charge >= 0.3 is 0 Å². The molecule has 0 aromatic heterocycles. The van der Waals surface area contributed by atoms with Crippen LogP contribution >= 0.6 is 0 Å². The van der Waals surface area contributed by atoms with Gasteiger partial charge in [-0.25, -0.2) is 0 Å². The zero-order valence-electron chi connectivity index (χ0n) is 6.98. The molecule has 0 amide bonds. The van der Waals surface area contributed by atoms with Gasteiger partial charge in [-0.1, -0.05) is 0 Å². The predicted molar refractivity (Wildman–Crippen MR) is 46.0 cm³/mol. The maximum atomic E-state index is 5.08. The smallest absolute Gasteiger partial charge is 0.00714 e. The molecule has 0 aliphatic carbocycles. The zero-order chi connectivity index (χ0) is 8.24. The van der Waals surface area contributed by atoms with Gasteiger partial charge in [0.25, 0.3) is 0 Å². The Labute approximate surface area is 63.3 Å². The Bertz CT molecular complexity index is 30.7. The van der Waals surface area contributed by atoms with Gasteiger partial charge in [-0.05, 0) is 14.1 Å². The quantitative estimate of drug-likeness (QED) is 0.384. The summed E-state index contributed by atoms with van der Waals surface area (Å²) in [6.45, 7) is 3.30. The van der Waals surface area contributed by atoms with E-state index in [1.54, 1.807) is 0 Å². The van der Waals surface area contributed by atoms with E-state index in [0.29, 0.717) is 0 Å². The minimum atomic E-state index is 0.733. The molecule has 0 aromatic carbocycles. The minimum Gasteiger partial charge on any atom is -0.329 e. The minimum absolute atomic E-state index is 0.733. The lowest BCUT2D eigenvalue weighted by molar-refractivity contribution is 0.802. The highest BCUT2D eigenvalue weighted by atomic mass is 14.8. The monoisotopic (exact) mass is 148 g/mol. The number of nitrogens with one attached hydrogen (secondary N) is 2. The van der Waals surface area contributed by atoms with Crippen molar-refractivity contribution in [2.45, 2.75) is 0 Å². The summed E-state index contributed by atoms with van der Waals surface area (Å²) in [5, 5.41) is 5.78. The second kappa shape index (κ2) is 15.9. The first-order valence-corrected chi connectivity index (χ1v) is 3.52. The van der Waals surface area contributed by atoms with Crippen LogP contribution < -0.4 is 22.1 Å². The molecule has 4 heteroatoms. The van der Waals surface area contributed by atoms with Crippen LogP contribution in [0.1, 0.15) is 0 Å². The number of nitrogens with two attached hydrogens (primary N) is 2. The summed E-state index contributed by atoms with van der Waals surface area (Å²) in [4.78, 5) is 0. The topological polar surface area (TPSA) is 76.1 Å². The fourth-order valence-electron chi connectivity index (χ4n) is 0.289. The Morgan fingerprint density at radius 3 is 1.20 bits per heavy atom. The molecule has 64 valence electrons. The molecule has 6 N–H and O–H groups in total. The first kappa shape index (κ1) is 12.5. The van der Waals surface area contributed by atoms with E-state index in [4.69, 9.17) is 11.5 Å². The predicted octanol–water partition coefficient (Wildman–Crippen LogP) is -1.67. The van der Waals surface area contributed by atoms with Crippen molar-refractivity contribution in [3.8, 4) is 0 Å². The highest BCUT2D eigenvalue weighted by Gasteiger charge is 1.64. The first-order chi connectivity index (χ1) is 4.83. The summed E-state index contributed by atoms with van der Waals surface area (Å²) in [5.74, 6) is 0. The number of hydrogen-bond donors (Lipinski definition) is 4. The zero-order valence-corrected chi connectivity index (χ0v) is 6.98. The van der Waals surface area contributed by atoms with Gasteiger partial charge in [0.1, 0.15) is 0 Å². The van der Waals surface area contributed by atoms with Gasteiger partial charge in [0.05, 0.1) is 0 Å². The van der Waals surface area contributed by atoms with Gasteiger partial charge in [0.15, 0.2) is 0 Å². The van der Waals surface area contributed by atoms with E-state index in [1.807, 2.05) is 14.1 Å². The van der Waals surface area contributed by atoms with Gasteiger partial charge in [-0.15, -0.1) is 0 Å². The fourth-order valence-corrected chi connectivity index (χ4v) is 0.289. The van der Waals surface area contributed by atoms with Crippen LogP contribution in [0.5, 0.6) is 0 Å². The first-order valence-electron chi connectivity index (χ1n) is 3.52. The third kappa shape index (κ3) is 24.9. The summed E-state index contributed by atoms with van der Waals surface area (Å²) >= 11 is 0. The molecular formula is C6H20N4. The Morgan fingerprint density at radius 1 is 0.900 bits per heavy atom. The van der Waals surface area contributed by atoms with Gasteiger partial charge in [0.2, 0.25) is 0 Å². The SMILES string of the molecule is CNCCN.CNCCN. The van der Waals surface area contributed by atoms with Crippen LogP contribution in [0.4, 0.5) is 0 Å². The molecule has 0 fully saturated rings. The molecule has 0 radical (unpaired) electrons. The van der Waals surface area contributed by atoms with Crippen LogP contribution in [0.2, 0.25) is 0 Å². The van der Waals surface area contributed by atoms with Crippen LogP contribution in [0, 0.1) is 0 Å². The summed E-state index contributed by atoms with van der Waals surface area (Å²) in [6, 6.07) is 0. The lowest BCUT2D eigenvalue weighted by atomic mass is 10.7. The van der Waals surface area contributed by atoms with Crippen molar-refractivity contribution in [1.29, 1.82) is 0 Å². The molecule has 0 rings (SSSR count). The molecule has 0 spiro atoms. The maximum absolute atomic E-state index is 5.08. The lowest BCUT2D eigenvalue weighted by Crippen LogP contribution is -2.17. The van der Waals surface area contributed by atoms with Gasteiger partial charge in [0, 0.05) is 26.2 Å². The van der Waals surface area contributed by atoms with E-state index in [2.05, 4.69) is 10.6 Å². The highest BCUT2D eigenvalue weighted by Crippen LogP contribution is 1.37. The van der Waals surface area contributed by atoms with Crippen LogP contribution in [-0.4, -0.2) is 40.3 Å². The fraction of sp³-hybridized carbons (Fsp3) is 1.00. The Morgan fingerprint density at radius 2 is 1.20 bits per heavy atom. The third-order valence-corrected chi connectivity index (χ3v) is 0.789. The maximum Gasteiger partial charge on any atom is 0.00714 e. The van der Waals surface area contributed by atoms with E-state index in [-0.39, 0.29) is 0 Å². The van der Waals surface area contributed by atoms with Crippen LogP contribution in [0.25, 0.3) is 0 Å². The second-order valence-electron chi connectivity index (χ2n) is 1.78. The van der Waals surface area contributed by atoms with Crippen molar-refractivity contribution < 1.29 is 0 Å². The lowest BCUT2D eigenvalue weighted by Gasteiger charge is -1.85. The molecule has 0 heterocycles. The Balaban J connectivity index is 0. The molecule has 4 nitrogen and oxygen atoms in total. The average Bonchev–Trinajstić information content (AvgIpc) is 1.93. The number of hydrogen-bond acceptors (Lipinski definition) is 4. The Kier molecular flexibility index (Phi) is 19.9. The molecule has 0 saturated carbocycles. The van der Waals surface area contributed by atoms with Crippen molar-refractivity contribution in [2.75, 3.05) is 40.3 Å². The Hall–Kier alpha value is -0.160. The van der Waals surface area contributed by atoms with Crippen LogP contribution in [-0.2, 0) is 0 Å². The van der Waals surface area contributed by atoms with Crippen molar-refractivity contribution in [1.82, 2.24) is 10.6 Å². The van der Waals surface area contributed by atoms with E-state index in [0.717, 1.165) is 26.2 Å². The van der Waals surface area contributed by atoms with Gasteiger partial charge < -0.3 is 22.1 Å². The molecule has 0 aliphatic heterocycles. The standard InChI is InChI=1S/2C3H10N2/c2*1-5-3-2-4/h2*5H,2-4H2,1H3. The molecule has 10 heavy (non-hydrogen) atoms. The van der Waals surface area contributed by atoms with Crippen molar-refractivity contribution in [3.63, 3.8) is 0 Å². The van der Waals surface area contributed by atoms with Crippen molar-refractivity contribution in [3.05, 3.63) is 0 Å². The highest BCUT2D eigenvalue weighted by molar-refractivity contribution is 4.33. The van der Waals surface area contributed by atoms with Gasteiger partial charge in [-0.2, -0.15) is 0 Å². The molecule has 0 aromatic rings. The summed E-state index contributed by atoms with van der Waals surface area (Å²) in [5.41, 5.74) is 10.2. The van der Waals surface area contributed by atoms with Crippen LogP contribution in [0.3, 0.4) is 0 Å². The van der Waals surface area contributed by atoms with Crippen molar-refractivity contribution in [2.24, 2.45) is 11.5 Å². The normalized spacial score (nSPS) is 8.40. The van der Waals surface area contributed by atoms with E-state index < -0.39 is 0 Å². The molecular weight excluding hydrogens is 128 g/mol. The molecule has 0 saturated heterocycles.